The predicted octanol–water partition coefficient (Wildman–Crippen LogP) is 2.12. The molecule has 31 heavy (non-hydrogen) atoms. The molecule has 0 aliphatic rings. The van der Waals surface area contributed by atoms with E-state index in [1.165, 1.54) is 50.4 Å². The Bertz CT molecular complexity index is 1410. The zero-order chi connectivity index (χ0) is 22.8. The summed E-state index contributed by atoms with van der Waals surface area (Å²) < 4.78 is 40.1. The number of carboxylic acid groups (broad SMARTS) is 1. The summed E-state index contributed by atoms with van der Waals surface area (Å²) in [6.07, 6.45) is 1.74. The number of fused-ring (bicyclic) bond motifs is 3. The number of carboxylic acids is 1. The number of carbonyl (C=O) groups excluding carboxylic acids is 1. The number of nitrogens with zero attached hydrogens (tertiary/aromatic N) is 1. The Balaban J connectivity index is 0.000000491. The lowest BCUT2D eigenvalue weighted by Crippen LogP contribution is -2.26. The largest absolute Gasteiger partial charge is 0.550 e. The first kappa shape index (κ1) is 22.0. The van der Waals surface area contributed by atoms with Crippen LogP contribution < -0.4 is 15.0 Å². The number of benzene rings is 2. The lowest BCUT2D eigenvalue weighted by Gasteiger charge is -2.19. The summed E-state index contributed by atoms with van der Waals surface area (Å²) in [5.74, 6) is -1.44. The average Bonchev–Trinajstić information content (AvgIpc) is 3.25. The van der Waals surface area contributed by atoms with Crippen LogP contribution in [0.25, 0.3) is 21.8 Å². The first-order valence-corrected chi connectivity index (χ1v) is 10.7. The van der Waals surface area contributed by atoms with E-state index in [9.17, 15) is 27.5 Å². The Kier molecular flexibility index (Phi) is 6.11. The molecule has 4 aromatic rings. The number of pyridine rings is 1. The number of aromatic amines is 2. The van der Waals surface area contributed by atoms with Crippen molar-refractivity contribution in [1.29, 1.82) is 0 Å². The van der Waals surface area contributed by atoms with Crippen LogP contribution in [-0.4, -0.2) is 31.4 Å². The number of hydrogen-bond acceptors (Lipinski definition) is 5. The van der Waals surface area contributed by atoms with E-state index in [1.54, 1.807) is 18.3 Å². The number of anilines is 1. The average molecular weight is 444 g/mol. The van der Waals surface area contributed by atoms with Crippen LogP contribution >= 0.6 is 0 Å². The molecular weight excluding hydrogens is 425 g/mol. The highest BCUT2D eigenvalue weighted by Crippen LogP contribution is 2.27. The van der Waals surface area contributed by atoms with Crippen LogP contribution in [0.15, 0.2) is 64.4 Å². The number of rotatable bonds is 4. The molecule has 0 radical (unpaired) electrons. The van der Waals surface area contributed by atoms with E-state index >= 15 is 0 Å². The van der Waals surface area contributed by atoms with Gasteiger partial charge in [-0.25, -0.2) is 12.8 Å². The molecule has 0 saturated heterocycles. The lowest BCUT2D eigenvalue weighted by atomic mass is 10.1. The quantitative estimate of drug-likeness (QED) is 0.499. The van der Waals surface area contributed by atoms with Gasteiger partial charge in [0.2, 0.25) is 0 Å². The number of hydrogen-bond donors (Lipinski definition) is 2. The molecule has 10 heteroatoms. The van der Waals surface area contributed by atoms with Crippen LogP contribution in [-0.2, 0) is 14.8 Å². The topological polar surface area (TPSA) is 126 Å². The summed E-state index contributed by atoms with van der Waals surface area (Å²) in [5.41, 5.74) is 1.01. The molecule has 8 nitrogen and oxygen atoms in total. The summed E-state index contributed by atoms with van der Waals surface area (Å²) in [6.45, 7) is 1.54. The lowest BCUT2D eigenvalue weighted by molar-refractivity contribution is -0.305. The van der Waals surface area contributed by atoms with Crippen LogP contribution in [0.5, 0.6) is 0 Å². The molecule has 0 saturated carbocycles. The van der Waals surface area contributed by atoms with Gasteiger partial charge in [0, 0.05) is 35.5 Å². The number of H-pyrrole nitrogens is 2. The smallest absolute Gasteiger partial charge is 0.272 e. The van der Waals surface area contributed by atoms with Crippen molar-refractivity contribution in [2.75, 3.05) is 11.4 Å². The molecule has 0 bridgehead atoms. The zero-order valence-corrected chi connectivity index (χ0v) is 17.5. The fourth-order valence-corrected chi connectivity index (χ4v) is 4.15. The Morgan fingerprint density at radius 1 is 1.10 bits per heavy atom. The molecule has 0 aliphatic carbocycles. The second kappa shape index (κ2) is 8.60. The third-order valence-corrected chi connectivity index (χ3v) is 6.42. The van der Waals surface area contributed by atoms with Crippen molar-refractivity contribution in [3.63, 3.8) is 0 Å². The summed E-state index contributed by atoms with van der Waals surface area (Å²) in [6, 6.07) is 11.5. The number of aliphatic carboxylic acids is 1. The van der Waals surface area contributed by atoms with Crippen molar-refractivity contribution in [1.82, 2.24) is 9.97 Å². The second-order valence-corrected chi connectivity index (χ2v) is 8.57. The van der Waals surface area contributed by atoms with E-state index in [0.29, 0.717) is 27.5 Å². The van der Waals surface area contributed by atoms with Gasteiger partial charge in [0.15, 0.2) is 0 Å². The van der Waals surface area contributed by atoms with Crippen LogP contribution in [0.4, 0.5) is 10.1 Å². The molecule has 0 spiro atoms. The predicted molar refractivity (Wildman–Crippen MR) is 114 cm³/mol. The summed E-state index contributed by atoms with van der Waals surface area (Å²) >= 11 is 0. The van der Waals surface area contributed by atoms with Gasteiger partial charge in [-0.15, -0.1) is 0 Å². The van der Waals surface area contributed by atoms with Crippen LogP contribution in [0.1, 0.15) is 13.3 Å². The van der Waals surface area contributed by atoms with Gasteiger partial charge in [0.25, 0.3) is 15.6 Å². The van der Waals surface area contributed by atoms with Crippen molar-refractivity contribution in [2.45, 2.75) is 18.2 Å². The maximum atomic E-state index is 13.1. The molecule has 2 heterocycles. The van der Waals surface area contributed by atoms with Crippen molar-refractivity contribution < 1.29 is 22.7 Å². The van der Waals surface area contributed by atoms with Gasteiger partial charge in [0.1, 0.15) is 11.3 Å². The maximum absolute atomic E-state index is 13.1. The van der Waals surface area contributed by atoms with E-state index in [1.807, 2.05) is 0 Å². The SMILES string of the molecule is CCC(=O)[O-].CN(c1ccc(F)cc1)S(=O)(=O)c1ccc2[nH]c(=O)c3[nH]ccc3c2c1. The highest BCUT2D eigenvalue weighted by atomic mass is 32.2. The Morgan fingerprint density at radius 2 is 1.74 bits per heavy atom. The fraction of sp³-hybridized carbons (Fsp3) is 0.143. The molecule has 2 aromatic carbocycles. The molecule has 0 fully saturated rings. The van der Waals surface area contributed by atoms with Gasteiger partial charge in [0.05, 0.1) is 10.6 Å². The summed E-state index contributed by atoms with van der Waals surface area (Å²) in [5, 5.41) is 10.5. The molecule has 2 N–H and O–H groups in total. The van der Waals surface area contributed by atoms with Crippen LogP contribution in [0.3, 0.4) is 0 Å². The van der Waals surface area contributed by atoms with Gasteiger partial charge in [-0.1, -0.05) is 6.92 Å². The van der Waals surface area contributed by atoms with Gasteiger partial charge in [-0.3, -0.25) is 9.10 Å². The molecular formula is C21H19FN3O5S-. The molecule has 0 aliphatic heterocycles. The zero-order valence-electron chi connectivity index (χ0n) is 16.7. The molecule has 4 rings (SSSR count). The maximum Gasteiger partial charge on any atom is 0.272 e. The van der Waals surface area contributed by atoms with Gasteiger partial charge in [-0.05, 0) is 55.0 Å². The second-order valence-electron chi connectivity index (χ2n) is 6.60. The van der Waals surface area contributed by atoms with E-state index in [-0.39, 0.29) is 16.9 Å². The number of carbonyl (C=O) groups is 1. The molecule has 0 unspecified atom stereocenters. The van der Waals surface area contributed by atoms with E-state index in [2.05, 4.69) is 9.97 Å². The van der Waals surface area contributed by atoms with Crippen LogP contribution in [0.2, 0.25) is 0 Å². The number of sulfonamides is 1. The third-order valence-electron chi connectivity index (χ3n) is 4.64. The minimum absolute atomic E-state index is 0.0753. The minimum atomic E-state index is -3.85. The highest BCUT2D eigenvalue weighted by molar-refractivity contribution is 7.92. The first-order chi connectivity index (χ1) is 14.6. The van der Waals surface area contributed by atoms with Gasteiger partial charge >= 0.3 is 0 Å². The van der Waals surface area contributed by atoms with Gasteiger partial charge in [-0.2, -0.15) is 0 Å². The molecule has 0 atom stereocenters. The van der Waals surface area contributed by atoms with Crippen molar-refractivity contribution in [3.8, 4) is 0 Å². The Morgan fingerprint density at radius 3 is 2.35 bits per heavy atom. The number of aromatic nitrogens is 2. The minimum Gasteiger partial charge on any atom is -0.550 e. The van der Waals surface area contributed by atoms with E-state index < -0.39 is 21.8 Å². The summed E-state index contributed by atoms with van der Waals surface area (Å²) in [7, 11) is -2.44. The van der Waals surface area contributed by atoms with Crippen molar-refractivity contribution in [2.24, 2.45) is 0 Å². The Hall–Kier alpha value is -3.66. The Labute approximate surface area is 177 Å². The highest BCUT2D eigenvalue weighted by Gasteiger charge is 2.22. The standard InChI is InChI=1S/C18H14FN3O3S.C3H6O2/c1-22(12-4-2-11(19)3-5-12)26(24,25)13-6-7-16-15(10-13)14-8-9-20-17(14)18(23)21-16;1-2-3(4)5/h2-10,20H,1H3,(H,21,23);2H2,1H3,(H,4,5)/p-1. The molecule has 2 aromatic heterocycles. The number of nitrogens with one attached hydrogen (secondary N) is 2. The number of halogens is 1. The van der Waals surface area contributed by atoms with Crippen molar-refractivity contribution >= 4 is 43.5 Å². The van der Waals surface area contributed by atoms with Crippen LogP contribution in [0, 0.1) is 5.82 Å². The summed E-state index contributed by atoms with van der Waals surface area (Å²) in [4.78, 5) is 26.9. The van der Waals surface area contributed by atoms with E-state index in [4.69, 9.17) is 0 Å². The third kappa shape index (κ3) is 4.43. The van der Waals surface area contributed by atoms with Gasteiger partial charge < -0.3 is 19.9 Å². The van der Waals surface area contributed by atoms with Crippen molar-refractivity contribution in [3.05, 3.63) is 70.9 Å². The molecule has 0 amide bonds. The first-order valence-electron chi connectivity index (χ1n) is 9.22. The molecule has 162 valence electrons. The fourth-order valence-electron chi connectivity index (χ4n) is 2.93. The normalized spacial score (nSPS) is 11.2. The van der Waals surface area contributed by atoms with E-state index in [0.717, 1.165) is 4.31 Å². The monoisotopic (exact) mass is 444 g/mol.